The molecular formula is C20H24ClN5O2. The molecule has 1 saturated heterocycles. The van der Waals surface area contributed by atoms with Crippen molar-refractivity contribution in [1.29, 1.82) is 0 Å². The maximum Gasteiger partial charge on any atom is 0.350 e. The number of halogens is 1. The summed E-state index contributed by atoms with van der Waals surface area (Å²) in [7, 11) is 0. The lowest BCUT2D eigenvalue weighted by molar-refractivity contribution is -0.120. The standard InChI is InChI=1S/C20H23N5O2.ClH/c1-14-11-16(8-9-21-14)19(26)22-17-6-4-5-15(12-17)13-25-20(27)24-10-3-2-7-18(24)23-25;/h2-7,10,12,14,16,21H,8-9,11,13H2,1H3,(H,22,26);1H/t14-,16-;/m0./s1. The molecule has 4 rings (SSSR count). The van der Waals surface area contributed by atoms with Crippen LogP contribution in [0.2, 0.25) is 0 Å². The van der Waals surface area contributed by atoms with Crippen molar-refractivity contribution in [3.05, 3.63) is 64.7 Å². The van der Waals surface area contributed by atoms with Gasteiger partial charge in [-0.15, -0.1) is 17.5 Å². The summed E-state index contributed by atoms with van der Waals surface area (Å²) in [6.07, 6.45) is 3.41. The smallest absolute Gasteiger partial charge is 0.326 e. The van der Waals surface area contributed by atoms with Crippen molar-refractivity contribution in [2.24, 2.45) is 5.92 Å². The third-order valence-electron chi connectivity index (χ3n) is 5.01. The van der Waals surface area contributed by atoms with Gasteiger partial charge in [-0.1, -0.05) is 18.2 Å². The second kappa shape index (κ2) is 8.58. The second-order valence-corrected chi connectivity index (χ2v) is 7.14. The Morgan fingerprint density at radius 1 is 1.29 bits per heavy atom. The van der Waals surface area contributed by atoms with Gasteiger partial charge in [-0.05, 0) is 56.1 Å². The Hall–Kier alpha value is -2.64. The Labute approximate surface area is 169 Å². The van der Waals surface area contributed by atoms with Gasteiger partial charge in [0.1, 0.15) is 0 Å². The van der Waals surface area contributed by atoms with Crippen LogP contribution in [0.4, 0.5) is 5.69 Å². The summed E-state index contributed by atoms with van der Waals surface area (Å²) in [5.74, 6) is 0.0939. The molecule has 0 spiro atoms. The van der Waals surface area contributed by atoms with Gasteiger partial charge in [0.2, 0.25) is 5.91 Å². The van der Waals surface area contributed by atoms with Crippen molar-refractivity contribution in [3.8, 4) is 0 Å². The molecule has 0 unspecified atom stereocenters. The van der Waals surface area contributed by atoms with Gasteiger partial charge in [-0.3, -0.25) is 9.20 Å². The summed E-state index contributed by atoms with van der Waals surface area (Å²) in [4.78, 5) is 25.0. The normalized spacial score (nSPS) is 19.2. The number of piperidine rings is 1. The van der Waals surface area contributed by atoms with E-state index in [1.807, 2.05) is 30.3 Å². The fourth-order valence-corrected chi connectivity index (χ4v) is 3.61. The predicted octanol–water partition coefficient (Wildman–Crippen LogP) is 2.29. The molecule has 0 bridgehead atoms. The molecule has 1 fully saturated rings. The zero-order valence-electron chi connectivity index (χ0n) is 15.7. The lowest BCUT2D eigenvalue weighted by Gasteiger charge is -2.27. The largest absolute Gasteiger partial charge is 0.350 e. The van der Waals surface area contributed by atoms with E-state index in [4.69, 9.17) is 0 Å². The SMILES string of the molecule is C[C@H]1C[C@@H](C(=O)Nc2cccc(Cn3nc4ccccn4c3=O)c2)CCN1.Cl. The second-order valence-electron chi connectivity index (χ2n) is 7.14. The maximum absolute atomic E-state index is 12.5. The number of fused-ring (bicyclic) bond motifs is 1. The number of rotatable bonds is 4. The molecule has 3 heterocycles. The Kier molecular flexibility index (Phi) is 6.16. The third kappa shape index (κ3) is 4.26. The van der Waals surface area contributed by atoms with Crippen molar-refractivity contribution < 1.29 is 4.79 Å². The molecule has 0 radical (unpaired) electrons. The Morgan fingerprint density at radius 3 is 2.93 bits per heavy atom. The highest BCUT2D eigenvalue weighted by atomic mass is 35.5. The van der Waals surface area contributed by atoms with E-state index >= 15 is 0 Å². The molecule has 0 aliphatic carbocycles. The number of nitrogens with zero attached hydrogens (tertiary/aromatic N) is 3. The molecule has 148 valence electrons. The van der Waals surface area contributed by atoms with E-state index < -0.39 is 0 Å². The highest BCUT2D eigenvalue weighted by molar-refractivity contribution is 5.92. The number of hydrogen-bond donors (Lipinski definition) is 2. The topological polar surface area (TPSA) is 80.4 Å². The number of carbonyl (C=O) groups is 1. The predicted molar refractivity (Wildman–Crippen MR) is 111 cm³/mol. The lowest BCUT2D eigenvalue weighted by Crippen LogP contribution is -2.40. The summed E-state index contributed by atoms with van der Waals surface area (Å²) in [6, 6.07) is 13.4. The first-order valence-electron chi connectivity index (χ1n) is 9.27. The monoisotopic (exact) mass is 401 g/mol. The van der Waals surface area contributed by atoms with E-state index in [0.29, 0.717) is 18.2 Å². The van der Waals surface area contributed by atoms with Gasteiger partial charge in [-0.2, -0.15) is 0 Å². The van der Waals surface area contributed by atoms with Crippen molar-refractivity contribution >= 4 is 29.6 Å². The number of amides is 1. The van der Waals surface area contributed by atoms with Crippen LogP contribution >= 0.6 is 12.4 Å². The number of pyridine rings is 1. The first-order valence-corrected chi connectivity index (χ1v) is 9.27. The van der Waals surface area contributed by atoms with Gasteiger partial charge in [-0.25, -0.2) is 9.48 Å². The molecule has 1 aromatic carbocycles. The molecule has 1 amide bonds. The highest BCUT2D eigenvalue weighted by Crippen LogP contribution is 2.19. The summed E-state index contributed by atoms with van der Waals surface area (Å²) < 4.78 is 2.95. The summed E-state index contributed by atoms with van der Waals surface area (Å²) in [5, 5.41) is 10.7. The minimum absolute atomic E-state index is 0. The summed E-state index contributed by atoms with van der Waals surface area (Å²) in [6.45, 7) is 3.33. The molecule has 1 aliphatic heterocycles. The van der Waals surface area contributed by atoms with Crippen LogP contribution in [0.15, 0.2) is 53.5 Å². The zero-order chi connectivity index (χ0) is 18.8. The minimum Gasteiger partial charge on any atom is -0.326 e. The Balaban J connectivity index is 0.00000225. The van der Waals surface area contributed by atoms with Crippen LogP contribution in [0.1, 0.15) is 25.3 Å². The fraction of sp³-hybridized carbons (Fsp3) is 0.350. The molecule has 2 atom stereocenters. The van der Waals surface area contributed by atoms with Gasteiger partial charge in [0.25, 0.3) is 0 Å². The van der Waals surface area contributed by atoms with Gasteiger partial charge in [0.15, 0.2) is 5.65 Å². The Morgan fingerprint density at radius 2 is 2.14 bits per heavy atom. The molecular weight excluding hydrogens is 378 g/mol. The van der Waals surface area contributed by atoms with E-state index in [1.54, 1.807) is 18.3 Å². The molecule has 2 aromatic heterocycles. The Bertz CT molecular complexity index is 1030. The van der Waals surface area contributed by atoms with Crippen molar-refractivity contribution in [1.82, 2.24) is 19.5 Å². The quantitative estimate of drug-likeness (QED) is 0.703. The van der Waals surface area contributed by atoms with Crippen LogP contribution in [0.25, 0.3) is 5.65 Å². The van der Waals surface area contributed by atoms with E-state index in [1.165, 1.54) is 9.08 Å². The lowest BCUT2D eigenvalue weighted by atomic mass is 9.92. The maximum atomic E-state index is 12.5. The number of anilines is 1. The number of benzene rings is 1. The van der Waals surface area contributed by atoms with Crippen molar-refractivity contribution in [2.45, 2.75) is 32.4 Å². The van der Waals surface area contributed by atoms with E-state index in [9.17, 15) is 9.59 Å². The van der Waals surface area contributed by atoms with E-state index in [-0.39, 0.29) is 29.9 Å². The molecule has 2 N–H and O–H groups in total. The van der Waals surface area contributed by atoms with E-state index in [0.717, 1.165) is 30.6 Å². The van der Waals surface area contributed by atoms with Crippen LogP contribution < -0.4 is 16.3 Å². The number of nitrogens with one attached hydrogen (secondary N) is 2. The number of carbonyl (C=O) groups excluding carboxylic acids is 1. The summed E-state index contributed by atoms with van der Waals surface area (Å²) in [5.41, 5.74) is 2.10. The molecule has 3 aromatic rings. The van der Waals surface area contributed by atoms with E-state index in [2.05, 4.69) is 22.7 Å². The zero-order valence-corrected chi connectivity index (χ0v) is 16.5. The minimum atomic E-state index is -0.177. The van der Waals surface area contributed by atoms with Gasteiger partial charge >= 0.3 is 5.69 Å². The van der Waals surface area contributed by atoms with Crippen molar-refractivity contribution in [2.75, 3.05) is 11.9 Å². The molecule has 8 heteroatoms. The van der Waals surface area contributed by atoms with Crippen LogP contribution in [0.3, 0.4) is 0 Å². The van der Waals surface area contributed by atoms with Crippen molar-refractivity contribution in [3.63, 3.8) is 0 Å². The fourth-order valence-electron chi connectivity index (χ4n) is 3.61. The molecule has 7 nitrogen and oxygen atoms in total. The highest BCUT2D eigenvalue weighted by Gasteiger charge is 2.24. The number of aromatic nitrogens is 3. The average molecular weight is 402 g/mol. The molecule has 0 saturated carbocycles. The van der Waals surface area contributed by atoms with Gasteiger partial charge in [0, 0.05) is 23.8 Å². The van der Waals surface area contributed by atoms with Crippen LogP contribution in [-0.4, -0.2) is 32.7 Å². The molecule has 28 heavy (non-hydrogen) atoms. The summed E-state index contributed by atoms with van der Waals surface area (Å²) >= 11 is 0. The molecule has 1 aliphatic rings. The van der Waals surface area contributed by atoms with Gasteiger partial charge in [0.05, 0.1) is 6.54 Å². The average Bonchev–Trinajstić information content (AvgIpc) is 2.98. The first-order chi connectivity index (χ1) is 13.1. The van der Waals surface area contributed by atoms with Gasteiger partial charge < -0.3 is 10.6 Å². The third-order valence-corrected chi connectivity index (χ3v) is 5.01. The number of hydrogen-bond acceptors (Lipinski definition) is 4. The van der Waals surface area contributed by atoms with Crippen LogP contribution in [0, 0.1) is 5.92 Å². The first kappa shape index (κ1) is 20.1. The van der Waals surface area contributed by atoms with Crippen LogP contribution in [0.5, 0.6) is 0 Å². The van der Waals surface area contributed by atoms with Crippen LogP contribution in [-0.2, 0) is 11.3 Å².